The molecule has 7 nitrogen and oxygen atoms in total. The molecule has 0 N–H and O–H groups in total. The highest BCUT2D eigenvalue weighted by atomic mass is 32.2. The third kappa shape index (κ3) is 3.49. The van der Waals surface area contributed by atoms with Gasteiger partial charge < -0.3 is 14.5 Å². The molecular weight excluding hydrogens is 342 g/mol. The molecule has 8 heteroatoms. The Hall–Kier alpha value is -2.09. The van der Waals surface area contributed by atoms with Gasteiger partial charge in [-0.25, -0.2) is 4.79 Å². The van der Waals surface area contributed by atoms with Gasteiger partial charge in [0.25, 0.3) is 10.0 Å². The molecule has 0 aliphatic carbocycles. The number of nitrogens with zero attached hydrogens (tertiary/aromatic N) is 3. The van der Waals surface area contributed by atoms with Gasteiger partial charge in [0, 0.05) is 31.7 Å². The summed E-state index contributed by atoms with van der Waals surface area (Å²) in [6, 6.07) is 6.80. The molecule has 1 saturated heterocycles. The monoisotopic (exact) mass is 365 g/mol. The predicted octanol–water partition coefficient (Wildman–Crippen LogP) is 2.08. The molecule has 1 aromatic rings. The van der Waals surface area contributed by atoms with E-state index in [1.165, 1.54) is 0 Å². The van der Waals surface area contributed by atoms with E-state index in [1.54, 1.807) is 29.2 Å². The highest BCUT2D eigenvalue weighted by molar-refractivity contribution is 7.90. The second-order valence-electron chi connectivity index (χ2n) is 7.37. The van der Waals surface area contributed by atoms with E-state index in [0.29, 0.717) is 24.5 Å². The number of hydrogen-bond donors (Lipinski definition) is 0. The second kappa shape index (κ2) is 6.01. The van der Waals surface area contributed by atoms with E-state index in [2.05, 4.69) is 4.40 Å². The van der Waals surface area contributed by atoms with Gasteiger partial charge in [-0.3, -0.25) is 0 Å². The van der Waals surface area contributed by atoms with Crippen molar-refractivity contribution in [3.05, 3.63) is 29.8 Å². The summed E-state index contributed by atoms with van der Waals surface area (Å²) < 4.78 is 33.8. The van der Waals surface area contributed by atoms with Crippen LogP contribution in [0.4, 0.5) is 4.79 Å². The van der Waals surface area contributed by atoms with Crippen molar-refractivity contribution in [3.63, 3.8) is 0 Å². The zero-order valence-electron chi connectivity index (χ0n) is 14.9. The second-order valence-corrected chi connectivity index (χ2v) is 8.94. The van der Waals surface area contributed by atoms with Crippen molar-refractivity contribution in [1.29, 1.82) is 0 Å². The van der Waals surface area contributed by atoms with Crippen LogP contribution in [0.5, 0.6) is 0 Å². The molecule has 0 spiro atoms. The molecule has 2 aliphatic heterocycles. The average molecular weight is 365 g/mol. The number of fused-ring (bicyclic) bond motifs is 1. The molecule has 0 radical (unpaired) electrons. The van der Waals surface area contributed by atoms with E-state index >= 15 is 0 Å². The van der Waals surface area contributed by atoms with E-state index in [-0.39, 0.29) is 17.0 Å². The summed E-state index contributed by atoms with van der Waals surface area (Å²) in [6.07, 6.45) is 0.390. The lowest BCUT2D eigenvalue weighted by Gasteiger charge is -2.27. The Morgan fingerprint density at radius 2 is 2.00 bits per heavy atom. The highest BCUT2D eigenvalue weighted by Gasteiger charge is 2.37. The molecule has 0 unspecified atom stereocenters. The molecule has 136 valence electrons. The standard InChI is InChI=1S/C17H23N3O4S/c1-17(2,3)24-16(21)20-10-9-12(11-20)19(4)15-13-7-5-6-8-14(13)25(22,23)18-15/h5-8,12H,9-11H2,1-4H3/t12-/m1/s1. The fourth-order valence-corrected chi connectivity index (χ4v) is 4.31. The molecule has 1 amide bonds. The Kier molecular flexibility index (Phi) is 4.26. The first-order valence-electron chi connectivity index (χ1n) is 8.23. The molecular formula is C17H23N3O4S. The van der Waals surface area contributed by atoms with E-state index in [1.807, 2.05) is 32.7 Å². The van der Waals surface area contributed by atoms with Gasteiger partial charge in [-0.15, -0.1) is 4.40 Å². The number of ether oxygens (including phenoxy) is 1. The first-order chi connectivity index (χ1) is 11.6. The maximum Gasteiger partial charge on any atom is 0.410 e. The van der Waals surface area contributed by atoms with Gasteiger partial charge in [0.2, 0.25) is 0 Å². The van der Waals surface area contributed by atoms with Gasteiger partial charge in [0.15, 0.2) is 5.84 Å². The van der Waals surface area contributed by atoms with Crippen LogP contribution in [0, 0.1) is 0 Å². The Labute approximate surface area is 148 Å². The average Bonchev–Trinajstić information content (AvgIpc) is 3.09. The van der Waals surface area contributed by atoms with E-state index in [4.69, 9.17) is 4.74 Å². The predicted molar refractivity (Wildman–Crippen MR) is 94.1 cm³/mol. The normalized spacial score (nSPS) is 21.7. The van der Waals surface area contributed by atoms with Crippen molar-refractivity contribution in [2.75, 3.05) is 20.1 Å². The Morgan fingerprint density at radius 1 is 1.32 bits per heavy atom. The number of likely N-dealkylation sites (N-methyl/N-ethyl adjacent to an activating group) is 1. The van der Waals surface area contributed by atoms with E-state index < -0.39 is 15.6 Å². The van der Waals surface area contributed by atoms with Crippen LogP contribution in [0.15, 0.2) is 33.6 Å². The SMILES string of the molecule is CN(C1=NS(=O)(=O)c2ccccc21)[C@@H]1CCN(C(=O)OC(C)(C)C)C1. The Bertz CT molecular complexity index is 827. The first-order valence-corrected chi connectivity index (χ1v) is 9.68. The molecule has 1 atom stereocenters. The number of amidine groups is 1. The lowest BCUT2D eigenvalue weighted by molar-refractivity contribution is 0.0287. The van der Waals surface area contributed by atoms with Crippen LogP contribution in [-0.2, 0) is 14.8 Å². The molecule has 0 bridgehead atoms. The third-order valence-electron chi connectivity index (χ3n) is 4.31. The Morgan fingerprint density at radius 3 is 2.68 bits per heavy atom. The zero-order chi connectivity index (χ0) is 18.4. The minimum Gasteiger partial charge on any atom is -0.444 e. The van der Waals surface area contributed by atoms with Crippen LogP contribution in [0.3, 0.4) is 0 Å². The van der Waals surface area contributed by atoms with Crippen LogP contribution in [-0.4, -0.2) is 61.9 Å². The van der Waals surface area contributed by atoms with Crippen molar-refractivity contribution in [2.24, 2.45) is 4.40 Å². The van der Waals surface area contributed by atoms with Gasteiger partial charge >= 0.3 is 6.09 Å². The maximum atomic E-state index is 12.2. The first kappa shape index (κ1) is 17.7. The highest BCUT2D eigenvalue weighted by Crippen LogP contribution is 2.29. The fourth-order valence-electron chi connectivity index (χ4n) is 3.07. The maximum absolute atomic E-state index is 12.2. The van der Waals surface area contributed by atoms with Gasteiger partial charge in [-0.2, -0.15) is 8.42 Å². The molecule has 1 aromatic carbocycles. The summed E-state index contributed by atoms with van der Waals surface area (Å²) in [5.41, 5.74) is 0.0737. The summed E-state index contributed by atoms with van der Waals surface area (Å²) in [7, 11) is -1.82. The summed E-state index contributed by atoms with van der Waals surface area (Å²) in [6.45, 7) is 6.55. The van der Waals surface area contributed by atoms with Gasteiger partial charge in [0.1, 0.15) is 10.5 Å². The fraction of sp³-hybridized carbons (Fsp3) is 0.529. The molecule has 1 fully saturated rings. The minimum atomic E-state index is -3.64. The summed E-state index contributed by atoms with van der Waals surface area (Å²) in [5, 5.41) is 0. The zero-order valence-corrected chi connectivity index (χ0v) is 15.7. The van der Waals surface area contributed by atoms with Crippen molar-refractivity contribution in [2.45, 2.75) is 43.7 Å². The number of sulfonamides is 1. The van der Waals surface area contributed by atoms with Crippen LogP contribution < -0.4 is 0 Å². The number of benzene rings is 1. The van der Waals surface area contributed by atoms with Gasteiger partial charge in [-0.05, 0) is 39.3 Å². The third-order valence-corrected chi connectivity index (χ3v) is 5.63. The minimum absolute atomic E-state index is 0.00683. The lowest BCUT2D eigenvalue weighted by Crippen LogP contribution is -2.41. The lowest BCUT2D eigenvalue weighted by atomic mass is 10.1. The van der Waals surface area contributed by atoms with E-state index in [9.17, 15) is 13.2 Å². The summed E-state index contributed by atoms with van der Waals surface area (Å²) in [5.74, 6) is 0.437. The number of rotatable bonds is 1. The quantitative estimate of drug-likeness (QED) is 0.761. The van der Waals surface area contributed by atoms with Crippen LogP contribution in [0.25, 0.3) is 0 Å². The van der Waals surface area contributed by atoms with E-state index in [0.717, 1.165) is 6.42 Å². The smallest absolute Gasteiger partial charge is 0.410 e. The summed E-state index contributed by atoms with van der Waals surface area (Å²) >= 11 is 0. The molecule has 2 aliphatic rings. The van der Waals surface area contributed by atoms with Crippen molar-refractivity contribution >= 4 is 22.0 Å². The number of carbonyl (C=O) groups excluding carboxylic acids is 1. The topological polar surface area (TPSA) is 79.3 Å². The number of hydrogen-bond acceptors (Lipinski definition) is 5. The van der Waals surface area contributed by atoms with Gasteiger partial charge in [-0.1, -0.05) is 12.1 Å². The largest absolute Gasteiger partial charge is 0.444 e. The molecule has 3 rings (SSSR count). The van der Waals surface area contributed by atoms with Crippen LogP contribution >= 0.6 is 0 Å². The van der Waals surface area contributed by atoms with Crippen molar-refractivity contribution < 1.29 is 17.9 Å². The van der Waals surface area contributed by atoms with Gasteiger partial charge in [0.05, 0.1) is 0 Å². The number of amides is 1. The summed E-state index contributed by atoms with van der Waals surface area (Å²) in [4.78, 5) is 16.0. The molecule has 0 saturated carbocycles. The molecule has 2 heterocycles. The number of likely N-dealkylation sites (tertiary alicyclic amines) is 1. The van der Waals surface area contributed by atoms with Crippen molar-refractivity contribution in [1.82, 2.24) is 9.80 Å². The van der Waals surface area contributed by atoms with Crippen molar-refractivity contribution in [3.8, 4) is 0 Å². The van der Waals surface area contributed by atoms with Crippen LogP contribution in [0.1, 0.15) is 32.8 Å². The molecule has 0 aromatic heterocycles. The number of carbonyl (C=O) groups is 1. The molecule has 25 heavy (non-hydrogen) atoms. The Balaban J connectivity index is 1.76. The van der Waals surface area contributed by atoms with Crippen LogP contribution in [0.2, 0.25) is 0 Å².